The molecule has 26 heavy (non-hydrogen) atoms. The van der Waals surface area contributed by atoms with E-state index in [1.165, 1.54) is 5.69 Å². The largest absolute Gasteiger partial charge is 0.497 e. The fraction of sp³-hybridized carbons (Fsp3) is 0.350. The lowest BCUT2D eigenvalue weighted by Gasteiger charge is -2.36. The molecule has 1 aromatic heterocycles. The van der Waals surface area contributed by atoms with E-state index >= 15 is 0 Å². The summed E-state index contributed by atoms with van der Waals surface area (Å²) < 4.78 is 5.21. The number of benzene rings is 1. The van der Waals surface area contributed by atoms with Gasteiger partial charge in [0.05, 0.1) is 7.11 Å². The van der Waals surface area contributed by atoms with Crippen LogP contribution in [0.25, 0.3) is 6.08 Å². The van der Waals surface area contributed by atoms with E-state index in [9.17, 15) is 4.79 Å². The first kappa shape index (κ1) is 18.5. The van der Waals surface area contributed by atoms with Gasteiger partial charge >= 0.3 is 0 Å². The summed E-state index contributed by atoms with van der Waals surface area (Å²) >= 11 is 1.63. The van der Waals surface area contributed by atoms with Crippen molar-refractivity contribution in [3.63, 3.8) is 0 Å². The van der Waals surface area contributed by atoms with Crippen LogP contribution in [0, 0.1) is 0 Å². The third-order valence-electron chi connectivity index (χ3n) is 4.51. The predicted molar refractivity (Wildman–Crippen MR) is 108 cm³/mol. The Balaban J connectivity index is 1.35. The van der Waals surface area contributed by atoms with Crippen molar-refractivity contribution in [3.05, 3.63) is 52.7 Å². The topological polar surface area (TPSA) is 44.8 Å². The molecule has 0 aliphatic carbocycles. The van der Waals surface area contributed by atoms with E-state index in [0.29, 0.717) is 6.54 Å². The van der Waals surface area contributed by atoms with Gasteiger partial charge in [-0.05, 0) is 52.7 Å². The van der Waals surface area contributed by atoms with Gasteiger partial charge in [0, 0.05) is 51.0 Å². The van der Waals surface area contributed by atoms with Crippen LogP contribution in [0.3, 0.4) is 0 Å². The summed E-state index contributed by atoms with van der Waals surface area (Å²) in [6, 6.07) is 10.2. The highest BCUT2D eigenvalue weighted by Gasteiger charge is 2.16. The van der Waals surface area contributed by atoms with Crippen molar-refractivity contribution in [2.45, 2.75) is 0 Å². The second-order valence-corrected chi connectivity index (χ2v) is 6.99. The molecule has 3 rings (SSSR count). The Kier molecular flexibility index (Phi) is 6.68. The third-order valence-corrected chi connectivity index (χ3v) is 5.21. The highest BCUT2D eigenvalue weighted by molar-refractivity contribution is 7.08. The lowest BCUT2D eigenvalue weighted by atomic mass is 10.2. The average molecular weight is 372 g/mol. The smallest absolute Gasteiger partial charge is 0.244 e. The summed E-state index contributed by atoms with van der Waals surface area (Å²) in [6.45, 7) is 5.57. The number of carbonyl (C=O) groups excluding carboxylic acids is 1. The lowest BCUT2D eigenvalue weighted by Crippen LogP contribution is -2.48. The van der Waals surface area contributed by atoms with Crippen LogP contribution in [0.15, 0.2) is 47.2 Å². The normalized spacial score (nSPS) is 15.3. The number of methoxy groups -OCH3 is 1. The third kappa shape index (κ3) is 5.34. The molecule has 1 aromatic carbocycles. The van der Waals surface area contributed by atoms with Gasteiger partial charge in [-0.1, -0.05) is 0 Å². The van der Waals surface area contributed by atoms with Crippen molar-refractivity contribution in [1.29, 1.82) is 0 Å². The Hall–Kier alpha value is -2.31. The summed E-state index contributed by atoms with van der Waals surface area (Å²) in [5, 5.41) is 6.98. The van der Waals surface area contributed by atoms with Crippen LogP contribution in [0.5, 0.6) is 5.75 Å². The molecule has 0 radical (unpaired) electrons. The molecule has 1 aliphatic rings. The van der Waals surface area contributed by atoms with Gasteiger partial charge in [-0.2, -0.15) is 11.3 Å². The van der Waals surface area contributed by atoms with Crippen LogP contribution in [-0.4, -0.2) is 57.2 Å². The molecular weight excluding hydrogens is 346 g/mol. The van der Waals surface area contributed by atoms with Crippen molar-refractivity contribution in [3.8, 4) is 5.75 Å². The van der Waals surface area contributed by atoms with Crippen LogP contribution in [0.2, 0.25) is 0 Å². The van der Waals surface area contributed by atoms with Crippen LogP contribution < -0.4 is 15.0 Å². The summed E-state index contributed by atoms with van der Waals surface area (Å²) in [6.07, 6.45) is 3.45. The molecule has 0 spiro atoms. The fourth-order valence-electron chi connectivity index (χ4n) is 2.96. The number of nitrogens with zero attached hydrogens (tertiary/aromatic N) is 2. The maximum atomic E-state index is 11.8. The van der Waals surface area contributed by atoms with Gasteiger partial charge < -0.3 is 15.0 Å². The SMILES string of the molecule is COc1ccc(N2CCN(CCNC(=O)/C=C/c3ccsc3)CC2)cc1. The number of carbonyl (C=O) groups is 1. The van der Waals surface area contributed by atoms with Crippen LogP contribution >= 0.6 is 11.3 Å². The highest BCUT2D eigenvalue weighted by Crippen LogP contribution is 2.20. The zero-order chi connectivity index (χ0) is 18.2. The van der Waals surface area contributed by atoms with Gasteiger partial charge in [-0.15, -0.1) is 0 Å². The molecule has 1 fully saturated rings. The lowest BCUT2D eigenvalue weighted by molar-refractivity contribution is -0.116. The molecule has 6 heteroatoms. The first-order chi connectivity index (χ1) is 12.7. The van der Waals surface area contributed by atoms with Crippen molar-refractivity contribution >= 4 is 29.0 Å². The van der Waals surface area contributed by atoms with E-state index in [1.807, 2.05) is 35.0 Å². The second kappa shape index (κ2) is 9.40. The van der Waals surface area contributed by atoms with Crippen LogP contribution in [0.1, 0.15) is 5.56 Å². The quantitative estimate of drug-likeness (QED) is 0.760. The molecule has 2 heterocycles. The minimum absolute atomic E-state index is 0.0342. The molecule has 0 saturated carbocycles. The van der Waals surface area contributed by atoms with E-state index in [-0.39, 0.29) is 5.91 Å². The number of anilines is 1. The van der Waals surface area contributed by atoms with E-state index < -0.39 is 0 Å². The molecule has 2 aromatic rings. The summed E-state index contributed by atoms with van der Waals surface area (Å²) in [4.78, 5) is 16.6. The number of ether oxygens (including phenoxy) is 1. The highest BCUT2D eigenvalue weighted by atomic mass is 32.1. The summed E-state index contributed by atoms with van der Waals surface area (Å²) in [5.74, 6) is 0.851. The maximum Gasteiger partial charge on any atom is 0.244 e. The number of piperazine rings is 1. The monoisotopic (exact) mass is 371 g/mol. The summed E-state index contributed by atoms with van der Waals surface area (Å²) in [7, 11) is 1.69. The molecule has 0 unspecified atom stereocenters. The number of hydrogen-bond donors (Lipinski definition) is 1. The Morgan fingerprint density at radius 2 is 1.96 bits per heavy atom. The number of hydrogen-bond acceptors (Lipinski definition) is 5. The molecule has 0 bridgehead atoms. The van der Waals surface area contributed by atoms with Gasteiger partial charge in [0.25, 0.3) is 0 Å². The van der Waals surface area contributed by atoms with E-state index in [2.05, 4.69) is 27.2 Å². The number of rotatable bonds is 7. The standard InChI is InChI=1S/C20H25N3O2S/c1-25-19-5-3-18(4-6-19)23-13-11-22(12-14-23)10-9-21-20(24)7-2-17-8-15-26-16-17/h2-8,15-16H,9-14H2,1H3,(H,21,24)/b7-2+. The average Bonchev–Trinajstić information content (AvgIpc) is 3.21. The molecule has 5 nitrogen and oxygen atoms in total. The van der Waals surface area contributed by atoms with Crippen molar-refractivity contribution in [2.75, 3.05) is 51.3 Å². The van der Waals surface area contributed by atoms with E-state index in [4.69, 9.17) is 4.74 Å². The van der Waals surface area contributed by atoms with Gasteiger partial charge in [0.2, 0.25) is 5.91 Å². The van der Waals surface area contributed by atoms with Gasteiger partial charge in [-0.3, -0.25) is 9.69 Å². The van der Waals surface area contributed by atoms with E-state index in [1.54, 1.807) is 24.5 Å². The molecule has 1 aliphatic heterocycles. The van der Waals surface area contributed by atoms with Crippen LogP contribution in [-0.2, 0) is 4.79 Å². The number of amides is 1. The Morgan fingerprint density at radius 1 is 1.19 bits per heavy atom. The van der Waals surface area contributed by atoms with Gasteiger partial charge in [0.15, 0.2) is 0 Å². The Labute approximate surface area is 158 Å². The second-order valence-electron chi connectivity index (χ2n) is 6.21. The fourth-order valence-corrected chi connectivity index (χ4v) is 3.59. The summed E-state index contributed by atoms with van der Waals surface area (Å²) in [5.41, 5.74) is 2.30. The Bertz CT molecular complexity index is 705. The van der Waals surface area contributed by atoms with Crippen LogP contribution in [0.4, 0.5) is 5.69 Å². The van der Waals surface area contributed by atoms with Crippen molar-refractivity contribution in [2.24, 2.45) is 0 Å². The zero-order valence-electron chi connectivity index (χ0n) is 15.1. The molecule has 1 amide bonds. The zero-order valence-corrected chi connectivity index (χ0v) is 15.9. The molecular formula is C20H25N3O2S. The maximum absolute atomic E-state index is 11.8. The predicted octanol–water partition coefficient (Wildman–Crippen LogP) is 2.71. The van der Waals surface area contributed by atoms with Gasteiger partial charge in [-0.25, -0.2) is 0 Å². The minimum Gasteiger partial charge on any atom is -0.497 e. The van der Waals surface area contributed by atoms with Crippen molar-refractivity contribution in [1.82, 2.24) is 10.2 Å². The molecule has 1 N–H and O–H groups in total. The number of nitrogens with one attached hydrogen (secondary N) is 1. The molecule has 1 saturated heterocycles. The first-order valence-electron chi connectivity index (χ1n) is 8.84. The van der Waals surface area contributed by atoms with E-state index in [0.717, 1.165) is 44.0 Å². The number of thiophene rings is 1. The molecule has 0 atom stereocenters. The Morgan fingerprint density at radius 3 is 2.62 bits per heavy atom. The van der Waals surface area contributed by atoms with Crippen molar-refractivity contribution < 1.29 is 9.53 Å². The minimum atomic E-state index is -0.0342. The molecule has 138 valence electrons. The van der Waals surface area contributed by atoms with Gasteiger partial charge in [0.1, 0.15) is 5.75 Å². The first-order valence-corrected chi connectivity index (χ1v) is 9.78.